The van der Waals surface area contributed by atoms with Crippen LogP contribution in [0.1, 0.15) is 6.42 Å². The van der Waals surface area contributed by atoms with E-state index in [2.05, 4.69) is 0 Å². The van der Waals surface area contributed by atoms with Crippen LogP contribution in [0, 0.1) is 0 Å². The summed E-state index contributed by atoms with van der Waals surface area (Å²) in [6.07, 6.45) is 0.716. The summed E-state index contributed by atoms with van der Waals surface area (Å²) >= 11 is 0. The molecule has 0 bridgehead atoms. The highest BCUT2D eigenvalue weighted by Crippen LogP contribution is 2.16. The summed E-state index contributed by atoms with van der Waals surface area (Å²) in [7, 11) is 7.11. The first-order valence-corrected chi connectivity index (χ1v) is 3.39. The standard InChI is InChI=1S/C6H12BNO2/c1-9-3-5-4(8)2-6(7)10-5/h4-6H,2-3,8H2,1H3/t4-,5?,6+/m0/s1. The van der Waals surface area contributed by atoms with Crippen LogP contribution in [0.15, 0.2) is 0 Å². The van der Waals surface area contributed by atoms with Crippen molar-refractivity contribution in [1.29, 1.82) is 0 Å². The number of hydrogen-bond donors (Lipinski definition) is 1. The Kier molecular flexibility index (Phi) is 2.71. The van der Waals surface area contributed by atoms with Crippen molar-refractivity contribution in [3.63, 3.8) is 0 Å². The van der Waals surface area contributed by atoms with Crippen molar-refractivity contribution in [2.24, 2.45) is 5.73 Å². The van der Waals surface area contributed by atoms with E-state index in [0.29, 0.717) is 6.61 Å². The average Bonchev–Trinajstić information content (AvgIpc) is 2.13. The highest BCUT2D eigenvalue weighted by molar-refractivity contribution is 6.11. The maximum Gasteiger partial charge on any atom is 0.109 e. The molecule has 0 spiro atoms. The lowest BCUT2D eigenvalue weighted by atomic mass is 9.95. The summed E-state index contributed by atoms with van der Waals surface area (Å²) in [5.74, 6) is 0. The maximum atomic E-state index is 5.67. The van der Waals surface area contributed by atoms with E-state index in [0.717, 1.165) is 6.42 Å². The van der Waals surface area contributed by atoms with Crippen molar-refractivity contribution in [2.75, 3.05) is 13.7 Å². The van der Waals surface area contributed by atoms with Crippen LogP contribution in [0.5, 0.6) is 0 Å². The van der Waals surface area contributed by atoms with Crippen LogP contribution in [0.2, 0.25) is 0 Å². The molecule has 1 aliphatic heterocycles. The molecule has 0 aromatic heterocycles. The number of ether oxygens (including phenoxy) is 2. The molecule has 0 aromatic rings. The first kappa shape index (κ1) is 8.05. The second-order valence-electron chi connectivity index (χ2n) is 2.57. The lowest BCUT2D eigenvalue weighted by Crippen LogP contribution is -2.33. The highest BCUT2D eigenvalue weighted by Gasteiger charge is 2.29. The predicted molar refractivity (Wildman–Crippen MR) is 38.9 cm³/mol. The lowest BCUT2D eigenvalue weighted by Gasteiger charge is -2.12. The van der Waals surface area contributed by atoms with Crippen LogP contribution >= 0.6 is 0 Å². The van der Waals surface area contributed by atoms with Crippen molar-refractivity contribution in [2.45, 2.75) is 24.6 Å². The van der Waals surface area contributed by atoms with Gasteiger partial charge in [0, 0.05) is 19.2 Å². The SMILES string of the molecule is [B][C@H]1C[C@H](N)C(COC)O1. The van der Waals surface area contributed by atoms with E-state index in [-0.39, 0.29) is 18.1 Å². The second kappa shape index (κ2) is 3.37. The van der Waals surface area contributed by atoms with Gasteiger partial charge < -0.3 is 15.2 Å². The van der Waals surface area contributed by atoms with Crippen molar-refractivity contribution in [1.82, 2.24) is 0 Å². The topological polar surface area (TPSA) is 44.5 Å². The fourth-order valence-electron chi connectivity index (χ4n) is 1.13. The number of rotatable bonds is 2. The summed E-state index contributed by atoms with van der Waals surface area (Å²) in [6, 6.07) is -0.162. The van der Waals surface area contributed by atoms with Gasteiger partial charge in [-0.3, -0.25) is 0 Å². The largest absolute Gasteiger partial charge is 0.382 e. The van der Waals surface area contributed by atoms with Gasteiger partial charge in [-0.2, -0.15) is 0 Å². The maximum absolute atomic E-state index is 5.67. The molecule has 1 aliphatic rings. The molecule has 1 fully saturated rings. The van der Waals surface area contributed by atoms with Crippen molar-refractivity contribution in [3.8, 4) is 0 Å². The Labute approximate surface area is 62.3 Å². The Balaban J connectivity index is 2.31. The third-order valence-electron chi connectivity index (χ3n) is 1.66. The van der Waals surface area contributed by atoms with Crippen LogP contribution in [-0.4, -0.2) is 39.7 Å². The Morgan fingerprint density at radius 2 is 2.50 bits per heavy atom. The smallest absolute Gasteiger partial charge is 0.109 e. The summed E-state index contributed by atoms with van der Waals surface area (Å²) in [6.45, 7) is 0.537. The minimum atomic E-state index is -0.199. The number of hydrogen-bond acceptors (Lipinski definition) is 3. The zero-order valence-corrected chi connectivity index (χ0v) is 6.12. The van der Waals surface area contributed by atoms with E-state index in [1.54, 1.807) is 7.11 Å². The van der Waals surface area contributed by atoms with Crippen LogP contribution in [0.25, 0.3) is 0 Å². The molecule has 1 saturated heterocycles. The van der Waals surface area contributed by atoms with E-state index < -0.39 is 0 Å². The van der Waals surface area contributed by atoms with Gasteiger partial charge in [0.1, 0.15) is 7.85 Å². The van der Waals surface area contributed by atoms with E-state index >= 15 is 0 Å². The van der Waals surface area contributed by atoms with Crippen molar-refractivity contribution < 1.29 is 9.47 Å². The van der Waals surface area contributed by atoms with Gasteiger partial charge in [0.2, 0.25) is 0 Å². The van der Waals surface area contributed by atoms with E-state index in [4.69, 9.17) is 23.1 Å². The van der Waals surface area contributed by atoms with Crippen LogP contribution in [0.4, 0.5) is 0 Å². The van der Waals surface area contributed by atoms with Crippen LogP contribution in [0.3, 0.4) is 0 Å². The zero-order chi connectivity index (χ0) is 7.56. The highest BCUT2D eigenvalue weighted by atomic mass is 16.5. The minimum absolute atomic E-state index is 0.0139. The van der Waals surface area contributed by atoms with Crippen LogP contribution in [-0.2, 0) is 9.47 Å². The van der Waals surface area contributed by atoms with E-state index in [1.807, 2.05) is 0 Å². The Morgan fingerprint density at radius 3 is 2.90 bits per heavy atom. The molecule has 0 amide bonds. The normalized spacial score (nSPS) is 40.4. The lowest BCUT2D eigenvalue weighted by molar-refractivity contribution is 0.0201. The third kappa shape index (κ3) is 1.72. The average molecular weight is 141 g/mol. The van der Waals surface area contributed by atoms with Crippen LogP contribution < -0.4 is 5.73 Å². The summed E-state index contributed by atoms with van der Waals surface area (Å²) in [4.78, 5) is 0. The Hall–Kier alpha value is -0.0551. The van der Waals surface area contributed by atoms with Gasteiger partial charge in [-0.05, 0) is 6.42 Å². The summed E-state index contributed by atoms with van der Waals surface area (Å²) in [5.41, 5.74) is 5.67. The number of methoxy groups -OCH3 is 1. The van der Waals surface area contributed by atoms with Gasteiger partial charge >= 0.3 is 0 Å². The first-order valence-electron chi connectivity index (χ1n) is 3.39. The fraction of sp³-hybridized carbons (Fsp3) is 1.00. The fourth-order valence-corrected chi connectivity index (χ4v) is 1.13. The number of nitrogens with two attached hydrogens (primary N) is 1. The molecule has 0 saturated carbocycles. The molecule has 56 valence electrons. The minimum Gasteiger partial charge on any atom is -0.382 e. The zero-order valence-electron chi connectivity index (χ0n) is 6.12. The molecule has 1 rings (SSSR count). The quantitative estimate of drug-likeness (QED) is 0.514. The van der Waals surface area contributed by atoms with Gasteiger partial charge in [0.25, 0.3) is 0 Å². The summed E-state index contributed by atoms with van der Waals surface area (Å²) < 4.78 is 10.1. The molecule has 0 aliphatic carbocycles. The van der Waals surface area contributed by atoms with Gasteiger partial charge in [0.15, 0.2) is 0 Å². The van der Waals surface area contributed by atoms with Gasteiger partial charge in [-0.25, -0.2) is 0 Å². The van der Waals surface area contributed by atoms with Gasteiger partial charge in [-0.1, -0.05) is 0 Å². The molecule has 4 heteroatoms. The molecule has 10 heavy (non-hydrogen) atoms. The first-order chi connectivity index (χ1) is 4.74. The monoisotopic (exact) mass is 141 g/mol. The Bertz CT molecular complexity index is 112. The summed E-state index contributed by atoms with van der Waals surface area (Å²) in [5, 5.41) is 0. The van der Waals surface area contributed by atoms with Gasteiger partial charge in [-0.15, -0.1) is 0 Å². The molecular weight excluding hydrogens is 129 g/mol. The Morgan fingerprint density at radius 1 is 1.80 bits per heavy atom. The third-order valence-corrected chi connectivity index (χ3v) is 1.66. The molecule has 2 N–H and O–H groups in total. The second-order valence-corrected chi connectivity index (χ2v) is 2.57. The van der Waals surface area contributed by atoms with Gasteiger partial charge in [0.05, 0.1) is 12.7 Å². The molecule has 3 nitrogen and oxygen atoms in total. The van der Waals surface area contributed by atoms with E-state index in [9.17, 15) is 0 Å². The molecular formula is C6H12BNO2. The molecule has 0 aromatic carbocycles. The van der Waals surface area contributed by atoms with Crippen molar-refractivity contribution >= 4 is 7.85 Å². The van der Waals surface area contributed by atoms with E-state index in [1.165, 1.54) is 0 Å². The molecule has 3 atom stereocenters. The molecule has 1 heterocycles. The predicted octanol–water partition coefficient (Wildman–Crippen LogP) is -0.756. The molecule has 1 unspecified atom stereocenters. The molecule has 2 radical (unpaired) electrons. The van der Waals surface area contributed by atoms with Crippen molar-refractivity contribution in [3.05, 3.63) is 0 Å².